The molecule has 9 heteroatoms. The molecule has 0 radical (unpaired) electrons. The lowest BCUT2D eigenvalue weighted by atomic mass is 10.0. The molecule has 0 bridgehead atoms. The van der Waals surface area contributed by atoms with E-state index >= 15 is 0 Å². The Morgan fingerprint density at radius 1 is 0.968 bits per heavy atom. The molecule has 4 heterocycles. The molecule has 0 aromatic carbocycles. The Morgan fingerprint density at radius 2 is 1.77 bits per heavy atom. The van der Waals surface area contributed by atoms with Gasteiger partial charge in [-0.1, -0.05) is 6.07 Å². The predicted molar refractivity (Wildman–Crippen MR) is 106 cm³/mol. The highest BCUT2D eigenvalue weighted by molar-refractivity contribution is 5.81. The SMILES string of the molecule is COc1cnc2[nH]cc(Cc3cnc(CCc4ccc(C(F)(F)F)nc4)c(F)c3)c2c1. The summed E-state index contributed by atoms with van der Waals surface area (Å²) in [4.78, 5) is 15.0. The van der Waals surface area contributed by atoms with Gasteiger partial charge in [0.1, 0.15) is 22.9 Å². The molecular weight excluding hydrogens is 412 g/mol. The van der Waals surface area contributed by atoms with Crippen LogP contribution in [0.25, 0.3) is 11.0 Å². The number of aromatic amines is 1. The van der Waals surface area contributed by atoms with Gasteiger partial charge in [-0.25, -0.2) is 9.37 Å². The van der Waals surface area contributed by atoms with Crippen molar-refractivity contribution in [2.75, 3.05) is 7.11 Å². The highest BCUT2D eigenvalue weighted by Gasteiger charge is 2.31. The van der Waals surface area contributed by atoms with Crippen LogP contribution in [0.2, 0.25) is 0 Å². The van der Waals surface area contributed by atoms with E-state index in [0.29, 0.717) is 35.4 Å². The summed E-state index contributed by atoms with van der Waals surface area (Å²) in [5.41, 5.74) is 2.23. The summed E-state index contributed by atoms with van der Waals surface area (Å²) < 4.78 is 57.5. The normalized spacial score (nSPS) is 11.8. The van der Waals surface area contributed by atoms with Crippen molar-refractivity contribution in [1.29, 1.82) is 0 Å². The number of rotatable bonds is 6. The predicted octanol–water partition coefficient (Wildman–Crippen LogP) is 4.90. The molecule has 0 spiro atoms. The van der Waals surface area contributed by atoms with E-state index < -0.39 is 17.7 Å². The number of nitrogens with one attached hydrogen (secondary N) is 1. The van der Waals surface area contributed by atoms with E-state index in [1.807, 2.05) is 12.3 Å². The third-order valence-corrected chi connectivity index (χ3v) is 4.96. The number of aromatic nitrogens is 4. The molecule has 0 atom stereocenters. The van der Waals surface area contributed by atoms with E-state index in [1.54, 1.807) is 19.5 Å². The Labute approximate surface area is 175 Å². The molecule has 0 saturated carbocycles. The fourth-order valence-electron chi connectivity index (χ4n) is 3.31. The molecular formula is C22H18F4N4O. The van der Waals surface area contributed by atoms with Gasteiger partial charge in [0, 0.05) is 30.4 Å². The summed E-state index contributed by atoms with van der Waals surface area (Å²) in [5, 5.41) is 0.888. The Balaban J connectivity index is 1.45. The maximum absolute atomic E-state index is 14.6. The minimum Gasteiger partial charge on any atom is -0.495 e. The van der Waals surface area contributed by atoms with Crippen molar-refractivity contribution in [2.45, 2.75) is 25.4 Å². The summed E-state index contributed by atoms with van der Waals surface area (Å²) >= 11 is 0. The number of hydrogen-bond acceptors (Lipinski definition) is 4. The van der Waals surface area contributed by atoms with Crippen LogP contribution < -0.4 is 4.74 Å². The summed E-state index contributed by atoms with van der Waals surface area (Å²) in [5.74, 6) is 0.179. The number of halogens is 4. The number of H-pyrrole nitrogens is 1. The number of fused-ring (bicyclic) bond motifs is 1. The first-order valence-corrected chi connectivity index (χ1v) is 9.49. The molecule has 0 saturated heterocycles. The molecule has 0 fully saturated rings. The van der Waals surface area contributed by atoms with Crippen LogP contribution in [0.4, 0.5) is 17.6 Å². The zero-order valence-electron chi connectivity index (χ0n) is 16.5. The van der Waals surface area contributed by atoms with Crippen molar-refractivity contribution in [3.63, 3.8) is 0 Å². The minimum atomic E-state index is -4.48. The highest BCUT2D eigenvalue weighted by Crippen LogP contribution is 2.27. The Morgan fingerprint density at radius 3 is 2.45 bits per heavy atom. The van der Waals surface area contributed by atoms with E-state index in [0.717, 1.165) is 23.2 Å². The number of ether oxygens (including phenoxy) is 1. The standard InChI is InChI=1S/C22H18F4N4O/c1-31-16-8-17-15(11-29-21(17)30-12-16)6-14-7-18(23)19(27-10-14)4-2-13-3-5-20(28-9-13)22(24,25)26/h3,5,7-12H,2,4,6H2,1H3,(H,29,30). The fraction of sp³-hybridized carbons (Fsp3) is 0.227. The highest BCUT2D eigenvalue weighted by atomic mass is 19.4. The molecule has 4 aromatic rings. The quantitative estimate of drug-likeness (QED) is 0.442. The van der Waals surface area contributed by atoms with Crippen LogP contribution in [0.5, 0.6) is 5.75 Å². The summed E-state index contributed by atoms with van der Waals surface area (Å²) in [7, 11) is 1.56. The van der Waals surface area contributed by atoms with Crippen molar-refractivity contribution in [3.05, 3.63) is 82.9 Å². The second-order valence-corrected chi connectivity index (χ2v) is 7.08. The van der Waals surface area contributed by atoms with Crippen molar-refractivity contribution >= 4 is 11.0 Å². The second kappa shape index (κ2) is 8.33. The molecule has 0 aliphatic carbocycles. The maximum atomic E-state index is 14.6. The number of alkyl halides is 3. The van der Waals surface area contributed by atoms with E-state index in [2.05, 4.69) is 19.9 Å². The molecule has 0 aliphatic rings. The summed E-state index contributed by atoms with van der Waals surface area (Å²) in [6.07, 6.45) is 2.78. The van der Waals surface area contributed by atoms with E-state index in [1.165, 1.54) is 12.1 Å². The molecule has 4 rings (SSSR count). The molecule has 1 N–H and O–H groups in total. The van der Waals surface area contributed by atoms with Crippen LogP contribution >= 0.6 is 0 Å². The maximum Gasteiger partial charge on any atom is 0.433 e. The molecule has 5 nitrogen and oxygen atoms in total. The van der Waals surface area contributed by atoms with Crippen LogP contribution in [0.3, 0.4) is 0 Å². The van der Waals surface area contributed by atoms with Gasteiger partial charge >= 0.3 is 6.18 Å². The molecule has 4 aromatic heterocycles. The Hall–Kier alpha value is -3.49. The van der Waals surface area contributed by atoms with Gasteiger partial charge < -0.3 is 9.72 Å². The molecule has 0 aliphatic heterocycles. The molecule has 31 heavy (non-hydrogen) atoms. The van der Waals surface area contributed by atoms with Gasteiger partial charge in [0.15, 0.2) is 0 Å². The van der Waals surface area contributed by atoms with E-state index in [9.17, 15) is 17.6 Å². The molecule has 160 valence electrons. The van der Waals surface area contributed by atoms with Crippen LogP contribution in [-0.4, -0.2) is 27.0 Å². The average molecular weight is 430 g/mol. The number of aryl methyl sites for hydroxylation is 2. The number of hydrogen-bond donors (Lipinski definition) is 1. The van der Waals surface area contributed by atoms with E-state index in [-0.39, 0.29) is 12.1 Å². The zero-order valence-corrected chi connectivity index (χ0v) is 16.5. The van der Waals surface area contributed by atoms with Gasteiger partial charge in [-0.3, -0.25) is 9.97 Å². The smallest absolute Gasteiger partial charge is 0.433 e. The first kappa shape index (κ1) is 20.8. The first-order chi connectivity index (χ1) is 14.8. The largest absolute Gasteiger partial charge is 0.495 e. The zero-order chi connectivity index (χ0) is 22.0. The van der Waals surface area contributed by atoms with Gasteiger partial charge in [0.05, 0.1) is 19.0 Å². The van der Waals surface area contributed by atoms with Crippen LogP contribution in [-0.2, 0) is 25.4 Å². The minimum absolute atomic E-state index is 0.255. The van der Waals surface area contributed by atoms with Gasteiger partial charge in [0.25, 0.3) is 0 Å². The van der Waals surface area contributed by atoms with Crippen molar-refractivity contribution in [2.24, 2.45) is 0 Å². The van der Waals surface area contributed by atoms with Gasteiger partial charge in [-0.2, -0.15) is 13.2 Å². The summed E-state index contributed by atoms with van der Waals surface area (Å²) in [6.45, 7) is 0. The number of pyridine rings is 3. The van der Waals surface area contributed by atoms with Gasteiger partial charge in [-0.05, 0) is 47.7 Å². The molecule has 0 amide bonds. The second-order valence-electron chi connectivity index (χ2n) is 7.08. The topological polar surface area (TPSA) is 63.7 Å². The Kier molecular flexibility index (Phi) is 5.58. The lowest BCUT2D eigenvalue weighted by Gasteiger charge is -2.08. The monoisotopic (exact) mass is 430 g/mol. The Bertz CT molecular complexity index is 1200. The average Bonchev–Trinajstić information content (AvgIpc) is 3.14. The van der Waals surface area contributed by atoms with Crippen LogP contribution in [0.15, 0.2) is 49.1 Å². The number of nitrogens with zero attached hydrogens (tertiary/aromatic N) is 3. The lowest BCUT2D eigenvalue weighted by Crippen LogP contribution is -2.08. The molecule has 0 unspecified atom stereocenters. The third-order valence-electron chi connectivity index (χ3n) is 4.96. The van der Waals surface area contributed by atoms with Crippen LogP contribution in [0, 0.1) is 5.82 Å². The number of methoxy groups -OCH3 is 1. The first-order valence-electron chi connectivity index (χ1n) is 9.49. The van der Waals surface area contributed by atoms with Crippen molar-refractivity contribution in [1.82, 2.24) is 19.9 Å². The van der Waals surface area contributed by atoms with E-state index in [4.69, 9.17) is 4.74 Å². The van der Waals surface area contributed by atoms with Crippen molar-refractivity contribution in [3.8, 4) is 5.75 Å². The van der Waals surface area contributed by atoms with Crippen molar-refractivity contribution < 1.29 is 22.3 Å². The fourth-order valence-corrected chi connectivity index (χ4v) is 3.31. The van der Waals surface area contributed by atoms with Gasteiger partial charge in [-0.15, -0.1) is 0 Å². The summed E-state index contributed by atoms with van der Waals surface area (Å²) in [6, 6.07) is 5.57. The van der Waals surface area contributed by atoms with Gasteiger partial charge in [0.2, 0.25) is 0 Å². The van der Waals surface area contributed by atoms with Crippen LogP contribution in [0.1, 0.15) is 28.1 Å². The third kappa shape index (κ3) is 4.65. The lowest BCUT2D eigenvalue weighted by molar-refractivity contribution is -0.141.